The molecule has 0 aliphatic carbocycles. The van der Waals surface area contributed by atoms with E-state index in [4.69, 9.17) is 9.47 Å². The molecule has 152 valence electrons. The van der Waals surface area contributed by atoms with Crippen LogP contribution in [0, 0.1) is 0 Å². The quantitative estimate of drug-likeness (QED) is 0.588. The predicted molar refractivity (Wildman–Crippen MR) is 114 cm³/mol. The first-order valence-electron chi connectivity index (χ1n) is 9.14. The number of hydrogen-bond acceptors (Lipinski definition) is 7. The van der Waals surface area contributed by atoms with Crippen molar-refractivity contribution in [3.8, 4) is 11.5 Å². The van der Waals surface area contributed by atoms with Crippen LogP contribution in [-0.4, -0.2) is 35.9 Å². The molecule has 1 aliphatic rings. The summed E-state index contributed by atoms with van der Waals surface area (Å²) < 4.78 is 10.6. The molecule has 3 aromatic rings. The maximum absolute atomic E-state index is 13.2. The molecule has 0 atom stereocenters. The molecule has 1 aromatic carbocycles. The molecular weight excluding hydrogens is 402 g/mol. The highest BCUT2D eigenvalue weighted by molar-refractivity contribution is 7.11. The smallest absolute Gasteiger partial charge is 0.278 e. The Morgan fingerprint density at radius 3 is 2.53 bits per heavy atom. The summed E-state index contributed by atoms with van der Waals surface area (Å²) in [6.07, 6.45) is 3.29. The SMILES string of the molecule is COc1ccc(NC2=C(c3cccs3)C(=O)N(Cc3cccnc3)C2=O)cc1OC. The summed E-state index contributed by atoms with van der Waals surface area (Å²) in [6, 6.07) is 12.5. The van der Waals surface area contributed by atoms with Gasteiger partial charge >= 0.3 is 0 Å². The Labute approximate surface area is 177 Å². The van der Waals surface area contributed by atoms with E-state index in [9.17, 15) is 9.59 Å². The normalized spacial score (nSPS) is 13.7. The molecule has 2 amide bonds. The molecule has 1 aliphatic heterocycles. The fourth-order valence-electron chi connectivity index (χ4n) is 3.22. The molecule has 0 unspecified atom stereocenters. The highest BCUT2D eigenvalue weighted by Crippen LogP contribution is 2.35. The van der Waals surface area contributed by atoms with Crippen molar-refractivity contribution in [1.82, 2.24) is 9.88 Å². The van der Waals surface area contributed by atoms with Crippen molar-refractivity contribution >= 4 is 34.4 Å². The van der Waals surface area contributed by atoms with Gasteiger partial charge < -0.3 is 14.8 Å². The molecular formula is C22H19N3O4S. The standard InChI is InChI=1S/C22H19N3O4S/c1-28-16-8-7-15(11-17(16)29-2)24-20-19(18-6-4-10-30-18)21(26)25(22(20)27)13-14-5-3-9-23-12-14/h3-12,24H,13H2,1-2H3. The van der Waals surface area contributed by atoms with Crippen LogP contribution < -0.4 is 14.8 Å². The molecule has 0 spiro atoms. The number of pyridine rings is 1. The van der Waals surface area contributed by atoms with Crippen molar-refractivity contribution < 1.29 is 19.1 Å². The molecule has 1 N–H and O–H groups in total. The average molecular weight is 421 g/mol. The Bertz CT molecular complexity index is 1110. The van der Waals surface area contributed by atoms with Crippen molar-refractivity contribution in [2.75, 3.05) is 19.5 Å². The van der Waals surface area contributed by atoms with Gasteiger partial charge in [0.15, 0.2) is 11.5 Å². The molecule has 4 rings (SSSR count). The van der Waals surface area contributed by atoms with E-state index in [1.54, 1.807) is 43.8 Å². The number of hydrogen-bond donors (Lipinski definition) is 1. The number of aromatic nitrogens is 1. The number of carbonyl (C=O) groups is 2. The predicted octanol–water partition coefficient (Wildman–Crippen LogP) is 3.55. The number of carbonyl (C=O) groups excluding carboxylic acids is 2. The number of imide groups is 1. The van der Waals surface area contributed by atoms with Crippen LogP contribution in [0.1, 0.15) is 10.4 Å². The summed E-state index contributed by atoms with van der Waals surface area (Å²) in [5, 5.41) is 5.00. The summed E-state index contributed by atoms with van der Waals surface area (Å²) in [6.45, 7) is 0.150. The molecule has 3 heterocycles. The van der Waals surface area contributed by atoms with Crippen LogP contribution >= 0.6 is 11.3 Å². The number of ether oxygens (including phenoxy) is 2. The number of anilines is 1. The van der Waals surface area contributed by atoms with Gasteiger partial charge in [-0.15, -0.1) is 11.3 Å². The van der Waals surface area contributed by atoms with Gasteiger partial charge in [-0.05, 0) is 35.2 Å². The minimum atomic E-state index is -0.387. The molecule has 0 saturated carbocycles. The molecule has 0 fully saturated rings. The van der Waals surface area contributed by atoms with E-state index in [0.717, 1.165) is 10.4 Å². The Hall–Kier alpha value is -3.65. The number of nitrogens with one attached hydrogen (secondary N) is 1. The van der Waals surface area contributed by atoms with Crippen LogP contribution in [0.4, 0.5) is 5.69 Å². The van der Waals surface area contributed by atoms with Crippen LogP contribution in [0.2, 0.25) is 0 Å². The van der Waals surface area contributed by atoms with Crippen molar-refractivity contribution in [1.29, 1.82) is 0 Å². The zero-order chi connectivity index (χ0) is 21.1. The molecule has 0 saturated heterocycles. The summed E-state index contributed by atoms with van der Waals surface area (Å²) >= 11 is 1.41. The van der Waals surface area contributed by atoms with Crippen molar-refractivity contribution in [3.05, 3.63) is 76.4 Å². The molecule has 0 radical (unpaired) electrons. The Morgan fingerprint density at radius 2 is 1.87 bits per heavy atom. The van der Waals surface area contributed by atoms with Gasteiger partial charge in [-0.1, -0.05) is 12.1 Å². The average Bonchev–Trinajstić information content (AvgIpc) is 3.37. The molecule has 0 bridgehead atoms. The Kier molecular flexibility index (Phi) is 5.49. The first-order chi connectivity index (χ1) is 14.6. The first kappa shape index (κ1) is 19.7. The summed E-state index contributed by atoms with van der Waals surface area (Å²) in [5.41, 5.74) is 1.98. The fraction of sp³-hybridized carbons (Fsp3) is 0.136. The van der Waals surface area contributed by atoms with Crippen LogP contribution in [0.5, 0.6) is 11.5 Å². The van der Waals surface area contributed by atoms with E-state index < -0.39 is 0 Å². The monoisotopic (exact) mass is 421 g/mol. The number of nitrogens with zero attached hydrogens (tertiary/aromatic N) is 2. The zero-order valence-electron chi connectivity index (χ0n) is 16.4. The van der Waals surface area contributed by atoms with E-state index >= 15 is 0 Å². The lowest BCUT2D eigenvalue weighted by molar-refractivity contribution is -0.137. The van der Waals surface area contributed by atoms with Gasteiger partial charge in [0.25, 0.3) is 11.8 Å². The lowest BCUT2D eigenvalue weighted by Gasteiger charge is -2.15. The number of thiophene rings is 1. The van der Waals surface area contributed by atoms with Crippen molar-refractivity contribution in [3.63, 3.8) is 0 Å². The minimum absolute atomic E-state index is 0.150. The minimum Gasteiger partial charge on any atom is -0.493 e. The maximum atomic E-state index is 13.2. The summed E-state index contributed by atoms with van der Waals surface area (Å²) in [4.78, 5) is 32.4. The van der Waals surface area contributed by atoms with Gasteiger partial charge in [0.2, 0.25) is 0 Å². The summed E-state index contributed by atoms with van der Waals surface area (Å²) in [7, 11) is 3.09. The second-order valence-corrected chi connectivity index (χ2v) is 7.43. The summed E-state index contributed by atoms with van der Waals surface area (Å²) in [5.74, 6) is 0.364. The second-order valence-electron chi connectivity index (χ2n) is 6.48. The molecule has 7 nitrogen and oxygen atoms in total. The zero-order valence-corrected chi connectivity index (χ0v) is 17.2. The van der Waals surface area contributed by atoms with Gasteiger partial charge in [0, 0.05) is 29.0 Å². The lowest BCUT2D eigenvalue weighted by atomic mass is 10.1. The van der Waals surface area contributed by atoms with Crippen molar-refractivity contribution in [2.45, 2.75) is 6.54 Å². The van der Waals surface area contributed by atoms with Gasteiger partial charge in [0.05, 0.1) is 26.3 Å². The van der Waals surface area contributed by atoms with Crippen LogP contribution in [0.15, 0.2) is 65.9 Å². The molecule has 8 heteroatoms. The highest BCUT2D eigenvalue weighted by Gasteiger charge is 2.39. The Morgan fingerprint density at radius 1 is 1.03 bits per heavy atom. The number of amides is 2. The third kappa shape index (κ3) is 3.65. The third-order valence-corrected chi connectivity index (χ3v) is 5.54. The van der Waals surface area contributed by atoms with Gasteiger partial charge in [-0.2, -0.15) is 0 Å². The largest absolute Gasteiger partial charge is 0.493 e. The maximum Gasteiger partial charge on any atom is 0.278 e. The van der Waals surface area contributed by atoms with E-state index in [2.05, 4.69) is 10.3 Å². The molecule has 2 aromatic heterocycles. The van der Waals surface area contributed by atoms with E-state index in [1.165, 1.54) is 23.3 Å². The van der Waals surface area contributed by atoms with Gasteiger partial charge in [-0.3, -0.25) is 19.5 Å². The number of benzene rings is 1. The fourth-order valence-corrected chi connectivity index (χ4v) is 3.99. The van der Waals surface area contributed by atoms with Crippen LogP contribution in [0.3, 0.4) is 0 Å². The third-order valence-electron chi connectivity index (χ3n) is 4.65. The number of methoxy groups -OCH3 is 2. The lowest BCUT2D eigenvalue weighted by Crippen LogP contribution is -2.32. The Balaban J connectivity index is 1.71. The van der Waals surface area contributed by atoms with Crippen LogP contribution in [0.25, 0.3) is 5.57 Å². The molecule has 30 heavy (non-hydrogen) atoms. The van der Waals surface area contributed by atoms with E-state index in [1.807, 2.05) is 23.6 Å². The van der Waals surface area contributed by atoms with E-state index in [-0.39, 0.29) is 24.1 Å². The van der Waals surface area contributed by atoms with E-state index in [0.29, 0.717) is 22.8 Å². The first-order valence-corrected chi connectivity index (χ1v) is 10.0. The highest BCUT2D eigenvalue weighted by atomic mass is 32.1. The number of rotatable bonds is 7. The van der Waals surface area contributed by atoms with Gasteiger partial charge in [0.1, 0.15) is 5.70 Å². The topological polar surface area (TPSA) is 80.8 Å². The van der Waals surface area contributed by atoms with Gasteiger partial charge in [-0.25, -0.2) is 0 Å². The second kappa shape index (κ2) is 8.38. The van der Waals surface area contributed by atoms with Crippen LogP contribution in [-0.2, 0) is 16.1 Å². The van der Waals surface area contributed by atoms with Crippen molar-refractivity contribution in [2.24, 2.45) is 0 Å².